The average molecular weight is 361 g/mol. The number of benzene rings is 1. The summed E-state index contributed by atoms with van der Waals surface area (Å²) in [5.41, 5.74) is 0.218. The highest BCUT2D eigenvalue weighted by Gasteiger charge is 2.20. The first-order valence-corrected chi connectivity index (χ1v) is 9.27. The predicted octanol–water partition coefficient (Wildman–Crippen LogP) is 2.10. The molecule has 1 aromatic carbocycles. The van der Waals surface area contributed by atoms with E-state index in [9.17, 15) is 9.18 Å². The molecule has 0 aliphatic carbocycles. The van der Waals surface area contributed by atoms with Crippen LogP contribution in [0.5, 0.6) is 0 Å². The smallest absolute Gasteiger partial charge is 0.238 e. The molecule has 1 aliphatic rings. The Morgan fingerprint density at radius 3 is 2.56 bits per heavy atom. The van der Waals surface area contributed by atoms with Crippen LogP contribution in [0.1, 0.15) is 0 Å². The molecule has 0 atom stereocenters. The highest BCUT2D eigenvalue weighted by atomic mass is 32.2. The number of nitrogens with zero attached hydrogens (tertiary/aromatic N) is 4. The summed E-state index contributed by atoms with van der Waals surface area (Å²) in [6, 6.07) is 10.1. The summed E-state index contributed by atoms with van der Waals surface area (Å²) in [5.74, 6) is 0.226. The molecule has 25 heavy (non-hydrogen) atoms. The maximum Gasteiger partial charge on any atom is 0.238 e. The van der Waals surface area contributed by atoms with Gasteiger partial charge in [0.1, 0.15) is 10.8 Å². The number of carbonyl (C=O) groups excluding carboxylic acids is 1. The van der Waals surface area contributed by atoms with Crippen molar-refractivity contribution in [3.05, 3.63) is 42.2 Å². The normalized spacial score (nSPS) is 15.2. The summed E-state index contributed by atoms with van der Waals surface area (Å²) in [6.07, 6.45) is 1.97. The van der Waals surface area contributed by atoms with E-state index in [-0.39, 0.29) is 18.1 Å². The van der Waals surface area contributed by atoms with Crippen LogP contribution in [0.3, 0.4) is 0 Å². The summed E-state index contributed by atoms with van der Waals surface area (Å²) in [4.78, 5) is 16.3. The van der Waals surface area contributed by atoms with Crippen molar-refractivity contribution in [1.82, 2.24) is 15.1 Å². The SMILES string of the molecule is CSc1ccc(N2CCN(CC(=O)Nc3ccccc3F)CC2)nn1. The number of carbonyl (C=O) groups is 1. The van der Waals surface area contributed by atoms with E-state index in [1.165, 1.54) is 6.07 Å². The number of hydrogen-bond donors (Lipinski definition) is 1. The van der Waals surface area contributed by atoms with E-state index in [2.05, 4.69) is 25.3 Å². The van der Waals surface area contributed by atoms with Crippen molar-refractivity contribution in [2.45, 2.75) is 5.03 Å². The Hall–Kier alpha value is -2.19. The van der Waals surface area contributed by atoms with E-state index >= 15 is 0 Å². The lowest BCUT2D eigenvalue weighted by molar-refractivity contribution is -0.117. The maximum absolute atomic E-state index is 13.6. The quantitative estimate of drug-likeness (QED) is 0.823. The van der Waals surface area contributed by atoms with Gasteiger partial charge in [-0.2, -0.15) is 0 Å². The average Bonchev–Trinajstić information content (AvgIpc) is 2.64. The molecule has 2 aromatic rings. The number of anilines is 2. The summed E-state index contributed by atoms with van der Waals surface area (Å²) in [7, 11) is 0. The van der Waals surface area contributed by atoms with Gasteiger partial charge in [0.25, 0.3) is 0 Å². The number of nitrogens with one attached hydrogen (secondary N) is 1. The van der Waals surface area contributed by atoms with Crippen molar-refractivity contribution < 1.29 is 9.18 Å². The largest absolute Gasteiger partial charge is 0.353 e. The van der Waals surface area contributed by atoms with Crippen LogP contribution in [-0.4, -0.2) is 60.0 Å². The molecule has 0 bridgehead atoms. The second kappa shape index (κ2) is 8.26. The van der Waals surface area contributed by atoms with Crippen molar-refractivity contribution in [1.29, 1.82) is 0 Å². The number of amides is 1. The number of piperazine rings is 1. The van der Waals surface area contributed by atoms with Gasteiger partial charge >= 0.3 is 0 Å². The van der Waals surface area contributed by atoms with Gasteiger partial charge in [0.2, 0.25) is 5.91 Å². The van der Waals surface area contributed by atoms with E-state index in [4.69, 9.17) is 0 Å². The molecule has 1 amide bonds. The molecule has 0 radical (unpaired) electrons. The molecular weight excluding hydrogens is 341 g/mol. The first-order chi connectivity index (χ1) is 12.2. The molecule has 6 nitrogen and oxygen atoms in total. The van der Waals surface area contributed by atoms with Crippen molar-refractivity contribution in [3.63, 3.8) is 0 Å². The standard InChI is InChI=1S/C17H20FN5OS/c1-25-17-7-6-15(20-21-17)23-10-8-22(9-11-23)12-16(24)19-14-5-3-2-4-13(14)18/h2-7H,8-12H2,1H3,(H,19,24). The maximum atomic E-state index is 13.6. The summed E-state index contributed by atoms with van der Waals surface area (Å²) in [5, 5.41) is 11.9. The van der Waals surface area contributed by atoms with Crippen molar-refractivity contribution in [2.24, 2.45) is 0 Å². The second-order valence-corrected chi connectivity index (χ2v) is 6.55. The minimum atomic E-state index is -0.423. The molecule has 1 saturated heterocycles. The third-order valence-electron chi connectivity index (χ3n) is 4.05. The van der Waals surface area contributed by atoms with Gasteiger partial charge in [-0.1, -0.05) is 12.1 Å². The molecule has 1 aliphatic heterocycles. The number of aromatic nitrogens is 2. The molecule has 2 heterocycles. The predicted molar refractivity (Wildman–Crippen MR) is 97.5 cm³/mol. The molecule has 1 fully saturated rings. The van der Waals surface area contributed by atoms with E-state index in [1.807, 2.05) is 18.4 Å². The Morgan fingerprint density at radius 1 is 1.16 bits per heavy atom. The molecule has 0 spiro atoms. The third-order valence-corrected chi connectivity index (χ3v) is 4.68. The third kappa shape index (κ3) is 4.67. The highest BCUT2D eigenvalue weighted by molar-refractivity contribution is 7.98. The van der Waals surface area contributed by atoms with Crippen molar-refractivity contribution >= 4 is 29.2 Å². The van der Waals surface area contributed by atoms with Gasteiger partial charge in [0.05, 0.1) is 12.2 Å². The van der Waals surface area contributed by atoms with Gasteiger partial charge in [-0.3, -0.25) is 9.69 Å². The fourth-order valence-corrected chi connectivity index (χ4v) is 3.01. The molecular formula is C17H20FN5OS. The number of halogens is 1. The van der Waals surface area contributed by atoms with Gasteiger partial charge in [-0.05, 0) is 30.5 Å². The van der Waals surface area contributed by atoms with Crippen LogP contribution in [-0.2, 0) is 4.79 Å². The van der Waals surface area contributed by atoms with E-state index < -0.39 is 5.82 Å². The summed E-state index contributed by atoms with van der Waals surface area (Å²) >= 11 is 1.56. The Morgan fingerprint density at radius 2 is 1.92 bits per heavy atom. The van der Waals surface area contributed by atoms with Gasteiger partial charge in [-0.15, -0.1) is 22.0 Å². The summed E-state index contributed by atoms with van der Waals surface area (Å²) in [6.45, 7) is 3.30. The molecule has 132 valence electrons. The molecule has 0 unspecified atom stereocenters. The Labute approximate surface area is 150 Å². The van der Waals surface area contributed by atoms with Gasteiger partial charge in [0, 0.05) is 26.2 Å². The van der Waals surface area contributed by atoms with E-state index in [0.717, 1.165) is 37.0 Å². The van der Waals surface area contributed by atoms with Gasteiger partial charge in [0.15, 0.2) is 5.82 Å². The fraction of sp³-hybridized carbons (Fsp3) is 0.353. The van der Waals surface area contributed by atoms with Crippen LogP contribution in [0.4, 0.5) is 15.9 Å². The number of thioether (sulfide) groups is 1. The lowest BCUT2D eigenvalue weighted by atomic mass is 10.3. The van der Waals surface area contributed by atoms with Gasteiger partial charge < -0.3 is 10.2 Å². The monoisotopic (exact) mass is 361 g/mol. The first kappa shape index (κ1) is 17.6. The minimum Gasteiger partial charge on any atom is -0.353 e. The fourth-order valence-electron chi connectivity index (χ4n) is 2.68. The van der Waals surface area contributed by atoms with Crippen LogP contribution in [0.2, 0.25) is 0 Å². The molecule has 3 rings (SSSR count). The minimum absolute atomic E-state index is 0.206. The Bertz CT molecular complexity index is 719. The topological polar surface area (TPSA) is 61.4 Å². The van der Waals surface area contributed by atoms with Gasteiger partial charge in [-0.25, -0.2) is 4.39 Å². The zero-order valence-corrected chi connectivity index (χ0v) is 14.8. The Kier molecular flexibility index (Phi) is 5.83. The Balaban J connectivity index is 1.48. The molecule has 8 heteroatoms. The second-order valence-electron chi connectivity index (χ2n) is 5.73. The van der Waals surface area contributed by atoms with Crippen LogP contribution in [0.25, 0.3) is 0 Å². The van der Waals surface area contributed by atoms with Crippen molar-refractivity contribution in [2.75, 3.05) is 49.2 Å². The van der Waals surface area contributed by atoms with Crippen LogP contribution < -0.4 is 10.2 Å². The molecule has 0 saturated carbocycles. The number of hydrogen-bond acceptors (Lipinski definition) is 6. The lowest BCUT2D eigenvalue weighted by Gasteiger charge is -2.34. The number of rotatable bonds is 5. The van der Waals surface area contributed by atoms with Crippen LogP contribution in [0, 0.1) is 5.82 Å². The van der Waals surface area contributed by atoms with Crippen LogP contribution >= 0.6 is 11.8 Å². The number of para-hydroxylation sites is 1. The molecule has 1 N–H and O–H groups in total. The van der Waals surface area contributed by atoms with Crippen molar-refractivity contribution in [3.8, 4) is 0 Å². The van der Waals surface area contributed by atoms with Crippen LogP contribution in [0.15, 0.2) is 41.4 Å². The summed E-state index contributed by atoms with van der Waals surface area (Å²) < 4.78 is 13.6. The highest BCUT2D eigenvalue weighted by Crippen LogP contribution is 2.16. The van der Waals surface area contributed by atoms with E-state index in [0.29, 0.717) is 0 Å². The molecule has 1 aromatic heterocycles. The zero-order valence-electron chi connectivity index (χ0n) is 14.0. The first-order valence-electron chi connectivity index (χ1n) is 8.05. The lowest BCUT2D eigenvalue weighted by Crippen LogP contribution is -2.49. The van der Waals surface area contributed by atoms with E-state index in [1.54, 1.807) is 30.0 Å². The zero-order chi connectivity index (χ0) is 17.6.